The zero-order valence-electron chi connectivity index (χ0n) is 49.0. The molecule has 0 aliphatic carbocycles. The average molecular weight is 1270 g/mol. The third-order valence-electron chi connectivity index (χ3n) is 14.8. The summed E-state index contributed by atoms with van der Waals surface area (Å²) in [5.41, 5.74) is 1.99. The predicted molar refractivity (Wildman–Crippen MR) is 329 cm³/mol. The number of hydrogen-bond donors (Lipinski definition) is 7. The van der Waals surface area contributed by atoms with Gasteiger partial charge in [-0.1, -0.05) is 79.4 Å². The van der Waals surface area contributed by atoms with Crippen LogP contribution in [0.25, 0.3) is 0 Å². The largest absolute Gasteiger partial charge is 0.489 e. The number of esters is 1. The van der Waals surface area contributed by atoms with E-state index in [4.69, 9.17) is 25.8 Å². The van der Waals surface area contributed by atoms with Crippen molar-refractivity contribution in [3.05, 3.63) is 184 Å². The molecule has 7 N–H and O–H groups in total. The van der Waals surface area contributed by atoms with Gasteiger partial charge in [-0.2, -0.15) is 5.26 Å². The number of para-hydroxylation sites is 2. The summed E-state index contributed by atoms with van der Waals surface area (Å²) in [6, 6.07) is 27.0. The van der Waals surface area contributed by atoms with E-state index in [0.717, 1.165) is 32.1 Å². The number of aliphatic carboxylic acids is 3. The van der Waals surface area contributed by atoms with Gasteiger partial charge in [0.15, 0.2) is 0 Å². The average Bonchev–Trinajstić information content (AvgIpc) is 0.883. The molecule has 0 fully saturated rings. The van der Waals surface area contributed by atoms with Crippen LogP contribution in [0.2, 0.25) is 5.02 Å². The van der Waals surface area contributed by atoms with Crippen LogP contribution in [0.5, 0.6) is 11.5 Å². The molecule has 6 rings (SSSR count). The SMILES string of the molecule is CC1=C(C(=O)O)C(c2cccc([N+](=O)[O-])c2)C(C(=O)O)=C(C)N1C.CC1=C(C(=O)O)C(c2cccc([N+](=O)[O-])c2)C(C(=O)OCCCC(CCCCCCNCC(O)COc2ccccc2C#N)NCC(O)COc2ccccc2Cl)=C(C)N1C.Cl.Cl. The van der Waals surface area contributed by atoms with E-state index in [-0.39, 0.29) is 96.5 Å². The van der Waals surface area contributed by atoms with Crippen molar-refractivity contribution < 1.29 is 68.8 Å². The summed E-state index contributed by atoms with van der Waals surface area (Å²) >= 11 is 6.20. The molecule has 4 atom stereocenters. The Morgan fingerprint density at radius 2 is 1.08 bits per heavy atom. The molecular formula is C61H74Cl3N7O16. The van der Waals surface area contributed by atoms with Gasteiger partial charge in [-0.15, -0.1) is 24.8 Å². The molecule has 4 unspecified atom stereocenters. The van der Waals surface area contributed by atoms with Crippen molar-refractivity contribution in [1.29, 1.82) is 5.26 Å². The summed E-state index contributed by atoms with van der Waals surface area (Å²) in [6.07, 6.45) is 4.00. The zero-order valence-corrected chi connectivity index (χ0v) is 51.4. The molecule has 2 aliphatic heterocycles. The predicted octanol–water partition coefficient (Wildman–Crippen LogP) is 9.67. The molecule has 0 bridgehead atoms. The summed E-state index contributed by atoms with van der Waals surface area (Å²) < 4.78 is 17.1. The Morgan fingerprint density at radius 1 is 0.632 bits per heavy atom. The number of benzene rings is 4. The van der Waals surface area contributed by atoms with Crippen LogP contribution in [-0.2, 0) is 23.9 Å². The van der Waals surface area contributed by atoms with Crippen LogP contribution in [0.1, 0.15) is 101 Å². The number of nitriles is 1. The molecule has 2 aliphatic rings. The van der Waals surface area contributed by atoms with E-state index in [2.05, 4.69) is 16.7 Å². The van der Waals surface area contributed by atoms with Crippen LogP contribution in [0, 0.1) is 31.6 Å². The Labute approximate surface area is 521 Å². The molecule has 0 saturated carbocycles. The highest BCUT2D eigenvalue weighted by Crippen LogP contribution is 2.44. The number of nitro benzene ring substituents is 2. The lowest BCUT2D eigenvalue weighted by molar-refractivity contribution is -0.385. The lowest BCUT2D eigenvalue weighted by Crippen LogP contribution is -2.38. The van der Waals surface area contributed by atoms with E-state index < -0.39 is 57.8 Å². The fourth-order valence-corrected chi connectivity index (χ4v) is 10.2. The number of unbranched alkanes of at least 4 members (excludes halogenated alkanes) is 3. The second-order valence-corrected chi connectivity index (χ2v) is 20.8. The lowest BCUT2D eigenvalue weighted by atomic mass is 9.80. The summed E-state index contributed by atoms with van der Waals surface area (Å²) in [4.78, 5) is 74.4. The highest BCUT2D eigenvalue weighted by molar-refractivity contribution is 6.32. The number of carbonyl (C=O) groups excluding carboxylic acids is 1. The molecule has 26 heteroatoms. The fourth-order valence-electron chi connectivity index (χ4n) is 9.98. The van der Waals surface area contributed by atoms with E-state index in [1.807, 2.05) is 0 Å². The number of allylic oxidation sites excluding steroid dienone is 4. The molecular weight excluding hydrogens is 1190 g/mol. The quantitative estimate of drug-likeness (QED) is 0.0110. The van der Waals surface area contributed by atoms with E-state index in [1.165, 1.54) is 47.4 Å². The van der Waals surface area contributed by atoms with E-state index in [1.54, 1.807) is 101 Å². The van der Waals surface area contributed by atoms with Gasteiger partial charge in [0.1, 0.15) is 43.0 Å². The Bertz CT molecular complexity index is 3220. The smallest absolute Gasteiger partial charge is 0.336 e. The topological polar surface area (TPSA) is 338 Å². The first-order chi connectivity index (χ1) is 40.5. The number of carboxylic acids is 3. The second-order valence-electron chi connectivity index (χ2n) is 20.4. The number of hydrogen-bond acceptors (Lipinski definition) is 18. The van der Waals surface area contributed by atoms with Crippen LogP contribution in [0.3, 0.4) is 0 Å². The van der Waals surface area contributed by atoms with Crippen molar-refractivity contribution in [1.82, 2.24) is 20.4 Å². The monoisotopic (exact) mass is 1270 g/mol. The summed E-state index contributed by atoms with van der Waals surface area (Å²) in [7, 11) is 3.24. The third kappa shape index (κ3) is 20.3. The van der Waals surface area contributed by atoms with Gasteiger partial charge in [0.25, 0.3) is 11.4 Å². The van der Waals surface area contributed by atoms with E-state index in [0.29, 0.717) is 76.4 Å². The molecule has 0 saturated heterocycles. The van der Waals surface area contributed by atoms with Crippen molar-refractivity contribution in [3.63, 3.8) is 0 Å². The van der Waals surface area contributed by atoms with Gasteiger partial charge in [-0.3, -0.25) is 20.2 Å². The minimum atomic E-state index is -1.26. The van der Waals surface area contributed by atoms with Gasteiger partial charge >= 0.3 is 23.9 Å². The van der Waals surface area contributed by atoms with Crippen LogP contribution < -0.4 is 20.1 Å². The fraction of sp³-hybridized carbons (Fsp3) is 0.393. The van der Waals surface area contributed by atoms with E-state index in [9.17, 15) is 70.2 Å². The van der Waals surface area contributed by atoms with Crippen LogP contribution in [0.15, 0.2) is 142 Å². The van der Waals surface area contributed by atoms with Crippen molar-refractivity contribution in [2.24, 2.45) is 0 Å². The van der Waals surface area contributed by atoms with Gasteiger partial charge in [-0.05, 0) is 95.3 Å². The van der Waals surface area contributed by atoms with Crippen LogP contribution in [0.4, 0.5) is 11.4 Å². The first kappa shape index (κ1) is 73.2. The number of ether oxygens (including phenoxy) is 3. The van der Waals surface area contributed by atoms with Crippen molar-refractivity contribution in [2.75, 3.05) is 53.6 Å². The summed E-state index contributed by atoms with van der Waals surface area (Å²) in [6.45, 7) is 7.94. The summed E-state index contributed by atoms with van der Waals surface area (Å²) in [5.74, 6) is -5.73. The van der Waals surface area contributed by atoms with Gasteiger partial charge in [-0.25, -0.2) is 19.2 Å². The third-order valence-corrected chi connectivity index (χ3v) is 15.1. The number of aliphatic hydroxyl groups excluding tert-OH is 2. The second kappa shape index (κ2) is 35.5. The first-order valence-electron chi connectivity index (χ1n) is 27.4. The van der Waals surface area contributed by atoms with E-state index >= 15 is 0 Å². The van der Waals surface area contributed by atoms with Gasteiger partial charge in [0.05, 0.1) is 61.2 Å². The molecule has 0 amide bonds. The highest BCUT2D eigenvalue weighted by Gasteiger charge is 2.41. The number of non-ortho nitro benzene ring substituents is 2. The maximum atomic E-state index is 13.8. The van der Waals surface area contributed by atoms with Crippen molar-refractivity contribution >= 4 is 71.7 Å². The number of nitro groups is 2. The van der Waals surface area contributed by atoms with Crippen LogP contribution >= 0.6 is 36.4 Å². The standard InChI is InChI=1S/C45H56ClN5O10.C16H16N2O6.2ClH/c1-30-41(44(54)55)43(32-15-12-18-35(24-32)51(57)58)42(31(2)50(30)3)45(56)59-23-13-17-34(49-27-37(53)29-61-40-21-10-8-19-38(40)46)16-6-4-5-11-22-48-26-36(52)28-60-39-20-9-7-14-33(39)25-47;1-8-12(15(19)20)14(13(16(21)22)9(2)17(8)3)10-5-4-6-11(7-10)18(23)24;;/h7-10,12,14-15,18-21,24,34,36-37,43,48-49,52-53H,4-6,11,13,16-17,22-23,26-29H2,1-3H3,(H,54,55);4-7,14H,1-3H3,(H,19,20)(H,21,22);2*1H. The molecule has 4 aromatic carbocycles. The number of rotatable bonds is 30. The number of carboxylic acid groups (broad SMARTS) is 3. The minimum absolute atomic E-state index is 0. The van der Waals surface area contributed by atoms with Gasteiger partial charge in [0.2, 0.25) is 0 Å². The number of nitrogens with one attached hydrogen (secondary N) is 2. The highest BCUT2D eigenvalue weighted by atomic mass is 35.5. The molecule has 0 aromatic heterocycles. The molecule has 23 nitrogen and oxygen atoms in total. The molecule has 0 spiro atoms. The number of nitrogens with zero attached hydrogens (tertiary/aromatic N) is 5. The number of halogens is 3. The zero-order chi connectivity index (χ0) is 62.5. The van der Waals surface area contributed by atoms with Gasteiger partial charge in [0, 0.05) is 80.3 Å². The Kier molecular flexibility index (Phi) is 29.9. The number of aliphatic hydroxyl groups is 2. The first-order valence-corrected chi connectivity index (χ1v) is 27.8. The molecule has 470 valence electrons. The maximum Gasteiger partial charge on any atom is 0.336 e. The lowest BCUT2D eigenvalue weighted by Gasteiger charge is -2.35. The molecule has 0 radical (unpaired) electrons. The molecule has 2 heterocycles. The van der Waals surface area contributed by atoms with Crippen LogP contribution in [-0.4, -0.2) is 141 Å². The van der Waals surface area contributed by atoms with Crippen molar-refractivity contribution in [2.45, 2.75) is 103 Å². The Balaban J connectivity index is 0.000000636. The normalized spacial score (nSPS) is 15.2. The molecule has 4 aromatic rings. The van der Waals surface area contributed by atoms with Crippen molar-refractivity contribution in [3.8, 4) is 17.6 Å². The Hall–Kier alpha value is -8.08. The Morgan fingerprint density at radius 3 is 1.59 bits per heavy atom. The number of carbonyl (C=O) groups is 4. The minimum Gasteiger partial charge on any atom is -0.489 e. The maximum absolute atomic E-state index is 13.8. The molecule has 87 heavy (non-hydrogen) atoms. The summed E-state index contributed by atoms with van der Waals surface area (Å²) in [5, 5.41) is 89.4. The van der Waals surface area contributed by atoms with Gasteiger partial charge < -0.3 is 60.2 Å².